The van der Waals surface area contributed by atoms with Crippen LogP contribution in [0.4, 0.5) is 0 Å². The predicted octanol–water partition coefficient (Wildman–Crippen LogP) is 3.89. The average molecular weight is 311 g/mol. The van der Waals surface area contributed by atoms with E-state index in [1.54, 1.807) is 0 Å². The summed E-state index contributed by atoms with van der Waals surface area (Å²) in [4.78, 5) is 7.59. The molecule has 0 amide bonds. The fourth-order valence-electron chi connectivity index (χ4n) is 3.32. The third-order valence-electron chi connectivity index (χ3n) is 4.69. The Bertz CT molecular complexity index is 857. The number of imidazole rings is 1. The van der Waals surface area contributed by atoms with Crippen molar-refractivity contribution in [2.24, 2.45) is 0 Å². The molecule has 1 aliphatic heterocycles. The maximum absolute atomic E-state index is 4.98. The van der Waals surface area contributed by atoms with E-state index in [0.717, 1.165) is 36.6 Å². The second kappa shape index (κ2) is 5.21. The molecule has 3 nitrogen and oxygen atoms in total. The Kier molecular flexibility index (Phi) is 3.31. The number of nitrogens with zero attached hydrogens (tertiary/aromatic N) is 2. The summed E-state index contributed by atoms with van der Waals surface area (Å²) in [6.45, 7) is 8.63. The van der Waals surface area contributed by atoms with Gasteiger partial charge in [0.1, 0.15) is 0 Å². The van der Waals surface area contributed by atoms with Crippen molar-refractivity contribution >= 4 is 16.3 Å². The SMILES string of the molecule is CCc1c(-c2ccc(C)c(C)c2)nc2sc3c(n12)CCNC3. The van der Waals surface area contributed by atoms with Crippen molar-refractivity contribution in [2.75, 3.05) is 6.54 Å². The van der Waals surface area contributed by atoms with Crippen LogP contribution in [0.25, 0.3) is 16.2 Å². The van der Waals surface area contributed by atoms with Gasteiger partial charge in [-0.25, -0.2) is 4.98 Å². The van der Waals surface area contributed by atoms with Gasteiger partial charge in [0.15, 0.2) is 4.96 Å². The normalized spacial score (nSPS) is 14.5. The van der Waals surface area contributed by atoms with E-state index in [2.05, 4.69) is 48.7 Å². The van der Waals surface area contributed by atoms with Gasteiger partial charge < -0.3 is 5.32 Å². The van der Waals surface area contributed by atoms with Gasteiger partial charge in [0.05, 0.1) is 11.4 Å². The molecular formula is C18H21N3S. The molecule has 3 heterocycles. The Morgan fingerprint density at radius 2 is 2.14 bits per heavy atom. The number of aromatic nitrogens is 2. The minimum atomic E-state index is 0.992. The number of fused-ring (bicyclic) bond motifs is 3. The molecule has 2 aromatic heterocycles. The van der Waals surface area contributed by atoms with Crippen molar-refractivity contribution in [3.05, 3.63) is 45.6 Å². The Labute approximate surface area is 135 Å². The summed E-state index contributed by atoms with van der Waals surface area (Å²) in [7, 11) is 0. The highest BCUT2D eigenvalue weighted by Crippen LogP contribution is 2.33. The number of benzene rings is 1. The van der Waals surface area contributed by atoms with E-state index >= 15 is 0 Å². The first-order valence-electron chi connectivity index (χ1n) is 7.99. The molecular weight excluding hydrogens is 290 g/mol. The Morgan fingerprint density at radius 1 is 1.27 bits per heavy atom. The van der Waals surface area contributed by atoms with Gasteiger partial charge in [-0.05, 0) is 37.5 Å². The minimum absolute atomic E-state index is 0.992. The topological polar surface area (TPSA) is 29.3 Å². The van der Waals surface area contributed by atoms with Crippen LogP contribution in [0.3, 0.4) is 0 Å². The zero-order chi connectivity index (χ0) is 15.3. The highest BCUT2D eigenvalue weighted by Gasteiger charge is 2.22. The monoisotopic (exact) mass is 311 g/mol. The third-order valence-corrected chi connectivity index (χ3v) is 5.77. The van der Waals surface area contributed by atoms with Crippen molar-refractivity contribution in [3.63, 3.8) is 0 Å². The summed E-state index contributed by atoms with van der Waals surface area (Å²) >= 11 is 1.84. The van der Waals surface area contributed by atoms with Gasteiger partial charge >= 0.3 is 0 Å². The van der Waals surface area contributed by atoms with Crippen LogP contribution in [-0.4, -0.2) is 15.9 Å². The molecule has 1 N–H and O–H groups in total. The lowest BCUT2D eigenvalue weighted by atomic mass is 10.0. The summed E-state index contributed by atoms with van der Waals surface area (Å²) in [6, 6.07) is 6.69. The number of thiazole rings is 1. The number of aryl methyl sites for hydroxylation is 3. The number of nitrogens with one attached hydrogen (secondary N) is 1. The summed E-state index contributed by atoms with van der Waals surface area (Å²) in [5.41, 5.74) is 7.92. The summed E-state index contributed by atoms with van der Waals surface area (Å²) in [6.07, 6.45) is 2.12. The molecule has 1 aromatic carbocycles. The molecule has 22 heavy (non-hydrogen) atoms. The van der Waals surface area contributed by atoms with Crippen LogP contribution in [-0.2, 0) is 19.4 Å². The molecule has 0 saturated heterocycles. The molecule has 0 radical (unpaired) electrons. The second-order valence-electron chi connectivity index (χ2n) is 6.08. The van der Waals surface area contributed by atoms with Gasteiger partial charge in [-0.1, -0.05) is 30.4 Å². The van der Waals surface area contributed by atoms with Gasteiger partial charge in [-0.3, -0.25) is 4.40 Å². The zero-order valence-corrected chi connectivity index (χ0v) is 14.2. The highest BCUT2D eigenvalue weighted by molar-refractivity contribution is 7.17. The summed E-state index contributed by atoms with van der Waals surface area (Å²) in [5.74, 6) is 0. The molecule has 0 unspecified atom stereocenters. The van der Waals surface area contributed by atoms with Gasteiger partial charge in [-0.2, -0.15) is 0 Å². The number of rotatable bonds is 2. The first-order valence-corrected chi connectivity index (χ1v) is 8.81. The third kappa shape index (κ3) is 2.02. The van der Waals surface area contributed by atoms with Crippen molar-refractivity contribution in [2.45, 2.75) is 40.2 Å². The highest BCUT2D eigenvalue weighted by atomic mass is 32.1. The predicted molar refractivity (Wildman–Crippen MR) is 92.8 cm³/mol. The summed E-state index contributed by atoms with van der Waals surface area (Å²) in [5, 5.41) is 3.46. The number of hydrogen-bond donors (Lipinski definition) is 1. The van der Waals surface area contributed by atoms with Crippen LogP contribution in [0.5, 0.6) is 0 Å². The van der Waals surface area contributed by atoms with E-state index < -0.39 is 0 Å². The molecule has 4 heteroatoms. The molecule has 0 fully saturated rings. The lowest BCUT2D eigenvalue weighted by Crippen LogP contribution is -2.23. The van der Waals surface area contributed by atoms with E-state index in [1.807, 2.05) is 11.3 Å². The molecule has 0 atom stereocenters. The van der Waals surface area contributed by atoms with E-state index in [9.17, 15) is 0 Å². The van der Waals surface area contributed by atoms with Crippen molar-refractivity contribution in [1.82, 2.24) is 14.7 Å². The first kappa shape index (κ1) is 14.0. The van der Waals surface area contributed by atoms with Crippen molar-refractivity contribution in [1.29, 1.82) is 0 Å². The van der Waals surface area contributed by atoms with Crippen LogP contribution < -0.4 is 5.32 Å². The van der Waals surface area contributed by atoms with Crippen LogP contribution >= 0.6 is 11.3 Å². The smallest absolute Gasteiger partial charge is 0.194 e. The van der Waals surface area contributed by atoms with E-state index in [4.69, 9.17) is 4.98 Å². The van der Waals surface area contributed by atoms with E-state index in [0.29, 0.717) is 0 Å². The second-order valence-corrected chi connectivity index (χ2v) is 7.14. The molecule has 0 saturated carbocycles. The van der Waals surface area contributed by atoms with Crippen LogP contribution in [0, 0.1) is 13.8 Å². The van der Waals surface area contributed by atoms with Crippen LogP contribution in [0.1, 0.15) is 34.3 Å². The Morgan fingerprint density at radius 3 is 2.91 bits per heavy atom. The van der Waals surface area contributed by atoms with Crippen LogP contribution in [0.2, 0.25) is 0 Å². The number of hydrogen-bond acceptors (Lipinski definition) is 3. The molecule has 114 valence electrons. The van der Waals surface area contributed by atoms with Crippen molar-refractivity contribution in [3.8, 4) is 11.3 Å². The molecule has 4 rings (SSSR count). The lowest BCUT2D eigenvalue weighted by Gasteiger charge is -2.13. The molecule has 3 aromatic rings. The van der Waals surface area contributed by atoms with E-state index in [-0.39, 0.29) is 0 Å². The fourth-order valence-corrected chi connectivity index (χ4v) is 4.47. The van der Waals surface area contributed by atoms with Gasteiger partial charge in [0.25, 0.3) is 0 Å². The van der Waals surface area contributed by atoms with Gasteiger partial charge in [0, 0.05) is 35.6 Å². The maximum Gasteiger partial charge on any atom is 0.194 e. The lowest BCUT2D eigenvalue weighted by molar-refractivity contribution is 0.635. The van der Waals surface area contributed by atoms with Gasteiger partial charge in [0.2, 0.25) is 0 Å². The van der Waals surface area contributed by atoms with Crippen LogP contribution in [0.15, 0.2) is 18.2 Å². The average Bonchev–Trinajstić information content (AvgIpc) is 3.05. The molecule has 0 spiro atoms. The molecule has 0 aliphatic carbocycles. The Balaban J connectivity index is 1.94. The minimum Gasteiger partial charge on any atom is -0.311 e. The summed E-state index contributed by atoms with van der Waals surface area (Å²) < 4.78 is 2.42. The van der Waals surface area contributed by atoms with E-state index in [1.165, 1.54) is 33.0 Å². The fraction of sp³-hybridized carbons (Fsp3) is 0.389. The standard InChI is InChI=1S/C18H21N3S/c1-4-14-17(13-6-5-11(2)12(3)9-13)20-18-21(14)15-7-8-19-10-16(15)22-18/h5-6,9,19H,4,7-8,10H2,1-3H3. The molecule has 1 aliphatic rings. The first-order chi connectivity index (χ1) is 10.7. The quantitative estimate of drug-likeness (QED) is 0.778. The zero-order valence-electron chi connectivity index (χ0n) is 13.4. The maximum atomic E-state index is 4.98. The largest absolute Gasteiger partial charge is 0.311 e. The molecule has 0 bridgehead atoms. The Hall–Kier alpha value is -1.65. The van der Waals surface area contributed by atoms with Crippen molar-refractivity contribution < 1.29 is 0 Å². The van der Waals surface area contributed by atoms with Gasteiger partial charge in [-0.15, -0.1) is 0 Å².